The van der Waals surface area contributed by atoms with E-state index in [9.17, 15) is 13.9 Å². The van der Waals surface area contributed by atoms with Crippen LogP contribution in [0, 0.1) is 11.6 Å². The highest BCUT2D eigenvalue weighted by atomic mass is 19.1. The smallest absolute Gasteiger partial charge is 0.127 e. The van der Waals surface area contributed by atoms with Gasteiger partial charge in [-0.05, 0) is 30.8 Å². The normalized spacial score (nSPS) is 12.7. The van der Waals surface area contributed by atoms with Gasteiger partial charge >= 0.3 is 0 Å². The summed E-state index contributed by atoms with van der Waals surface area (Å²) in [7, 11) is 1.76. The summed E-state index contributed by atoms with van der Waals surface area (Å²) in [5, 5.41) is 10.1. The van der Waals surface area contributed by atoms with Crippen LogP contribution in [0.25, 0.3) is 0 Å². The van der Waals surface area contributed by atoms with E-state index in [0.29, 0.717) is 6.54 Å². The molecule has 2 aromatic carbocycles. The first-order valence-corrected chi connectivity index (χ1v) is 6.42. The second-order valence-corrected chi connectivity index (χ2v) is 4.86. The van der Waals surface area contributed by atoms with E-state index >= 15 is 0 Å². The SMILES string of the molecule is CN(Cc1cc(F)ccc1F)CC(O)c1ccccc1. The molecule has 0 saturated heterocycles. The molecule has 1 N–H and O–H groups in total. The van der Waals surface area contributed by atoms with Crippen molar-refractivity contribution in [3.05, 3.63) is 71.3 Å². The van der Waals surface area contributed by atoms with Crippen LogP contribution in [-0.2, 0) is 6.54 Å². The highest BCUT2D eigenvalue weighted by molar-refractivity contribution is 5.19. The fourth-order valence-electron chi connectivity index (χ4n) is 2.10. The van der Waals surface area contributed by atoms with Crippen molar-refractivity contribution >= 4 is 0 Å². The molecule has 1 atom stereocenters. The van der Waals surface area contributed by atoms with Gasteiger partial charge in [0.2, 0.25) is 0 Å². The van der Waals surface area contributed by atoms with E-state index in [1.807, 2.05) is 30.3 Å². The van der Waals surface area contributed by atoms with E-state index < -0.39 is 17.7 Å². The number of aliphatic hydroxyl groups is 1. The maximum atomic E-state index is 13.5. The van der Waals surface area contributed by atoms with Crippen molar-refractivity contribution in [3.8, 4) is 0 Å². The third-order valence-electron chi connectivity index (χ3n) is 3.12. The summed E-state index contributed by atoms with van der Waals surface area (Å²) in [5.41, 5.74) is 1.09. The van der Waals surface area contributed by atoms with Gasteiger partial charge in [0.25, 0.3) is 0 Å². The Labute approximate surface area is 117 Å². The fraction of sp³-hybridized carbons (Fsp3) is 0.250. The van der Waals surface area contributed by atoms with Gasteiger partial charge in [-0.1, -0.05) is 30.3 Å². The van der Waals surface area contributed by atoms with E-state index in [4.69, 9.17) is 0 Å². The third-order valence-corrected chi connectivity index (χ3v) is 3.12. The lowest BCUT2D eigenvalue weighted by molar-refractivity contribution is 0.123. The molecule has 0 fully saturated rings. The summed E-state index contributed by atoms with van der Waals surface area (Å²) < 4.78 is 26.6. The first-order valence-electron chi connectivity index (χ1n) is 6.42. The molecule has 2 aromatic rings. The van der Waals surface area contributed by atoms with Gasteiger partial charge < -0.3 is 5.11 Å². The molecule has 0 spiro atoms. The second kappa shape index (κ2) is 6.59. The summed E-state index contributed by atoms with van der Waals surface area (Å²) in [6, 6.07) is 12.6. The minimum Gasteiger partial charge on any atom is -0.387 e. The molecule has 0 aliphatic rings. The molecule has 2 nitrogen and oxygen atoms in total. The maximum Gasteiger partial charge on any atom is 0.127 e. The number of rotatable bonds is 5. The van der Waals surface area contributed by atoms with Gasteiger partial charge in [-0.25, -0.2) is 8.78 Å². The van der Waals surface area contributed by atoms with Crippen LogP contribution >= 0.6 is 0 Å². The van der Waals surface area contributed by atoms with Crippen LogP contribution in [-0.4, -0.2) is 23.6 Å². The summed E-state index contributed by atoms with van der Waals surface area (Å²) in [5.74, 6) is -0.897. The maximum absolute atomic E-state index is 13.5. The lowest BCUT2D eigenvalue weighted by atomic mass is 10.1. The summed E-state index contributed by atoms with van der Waals surface area (Å²) in [6.07, 6.45) is -0.655. The van der Waals surface area contributed by atoms with Crippen molar-refractivity contribution in [1.29, 1.82) is 0 Å². The Hall–Kier alpha value is -1.78. The van der Waals surface area contributed by atoms with E-state index in [1.54, 1.807) is 11.9 Å². The summed E-state index contributed by atoms with van der Waals surface area (Å²) >= 11 is 0. The van der Waals surface area contributed by atoms with Crippen molar-refractivity contribution < 1.29 is 13.9 Å². The predicted molar refractivity (Wildman–Crippen MR) is 74.1 cm³/mol. The molecule has 0 aromatic heterocycles. The first kappa shape index (κ1) is 14.6. The Morgan fingerprint density at radius 2 is 1.80 bits per heavy atom. The zero-order valence-corrected chi connectivity index (χ0v) is 11.3. The molecule has 0 saturated carbocycles. The molecule has 2 rings (SSSR count). The van der Waals surface area contributed by atoms with E-state index in [0.717, 1.165) is 17.7 Å². The Morgan fingerprint density at radius 3 is 2.50 bits per heavy atom. The molecular weight excluding hydrogens is 260 g/mol. The van der Waals surface area contributed by atoms with E-state index in [1.165, 1.54) is 6.07 Å². The lowest BCUT2D eigenvalue weighted by Crippen LogP contribution is -2.24. The van der Waals surface area contributed by atoms with Crippen LogP contribution in [0.4, 0.5) is 8.78 Å². The van der Waals surface area contributed by atoms with Crippen molar-refractivity contribution in [1.82, 2.24) is 4.90 Å². The number of benzene rings is 2. The summed E-state index contributed by atoms with van der Waals surface area (Å²) in [6.45, 7) is 0.591. The molecule has 1 unspecified atom stereocenters. The molecule has 4 heteroatoms. The highest BCUT2D eigenvalue weighted by Crippen LogP contribution is 2.16. The van der Waals surface area contributed by atoms with Crippen LogP contribution in [0.15, 0.2) is 48.5 Å². The highest BCUT2D eigenvalue weighted by Gasteiger charge is 2.12. The van der Waals surface area contributed by atoms with Gasteiger partial charge in [-0.2, -0.15) is 0 Å². The van der Waals surface area contributed by atoms with Gasteiger partial charge in [0.15, 0.2) is 0 Å². The number of nitrogens with zero attached hydrogens (tertiary/aromatic N) is 1. The minimum atomic E-state index is -0.655. The van der Waals surface area contributed by atoms with Crippen LogP contribution in [0.5, 0.6) is 0 Å². The first-order chi connectivity index (χ1) is 9.56. The quantitative estimate of drug-likeness (QED) is 0.907. The Morgan fingerprint density at radius 1 is 1.10 bits per heavy atom. The van der Waals surface area contributed by atoms with E-state index in [2.05, 4.69) is 0 Å². The van der Waals surface area contributed by atoms with Crippen LogP contribution in [0.2, 0.25) is 0 Å². The Bertz CT molecular complexity index is 560. The molecule has 0 aliphatic carbocycles. The molecule has 0 heterocycles. The number of aliphatic hydroxyl groups excluding tert-OH is 1. The van der Waals surface area contributed by atoms with Crippen molar-refractivity contribution in [3.63, 3.8) is 0 Å². The largest absolute Gasteiger partial charge is 0.387 e. The predicted octanol–water partition coefficient (Wildman–Crippen LogP) is 3.13. The molecule has 20 heavy (non-hydrogen) atoms. The average Bonchev–Trinajstić information content (AvgIpc) is 2.43. The zero-order chi connectivity index (χ0) is 14.5. The summed E-state index contributed by atoms with van der Waals surface area (Å²) in [4.78, 5) is 1.76. The van der Waals surface area contributed by atoms with Gasteiger partial charge in [-0.3, -0.25) is 4.90 Å². The third kappa shape index (κ3) is 3.85. The topological polar surface area (TPSA) is 23.5 Å². The average molecular weight is 277 g/mol. The second-order valence-electron chi connectivity index (χ2n) is 4.86. The molecule has 0 radical (unpaired) electrons. The molecule has 0 bridgehead atoms. The standard InChI is InChI=1S/C16H17F2NO/c1-19(10-13-9-14(17)7-8-15(13)18)11-16(20)12-5-3-2-4-6-12/h2-9,16,20H,10-11H2,1H3. The van der Waals surface area contributed by atoms with Gasteiger partial charge in [-0.15, -0.1) is 0 Å². The minimum absolute atomic E-state index is 0.244. The zero-order valence-electron chi connectivity index (χ0n) is 11.3. The van der Waals surface area contributed by atoms with Crippen molar-refractivity contribution in [2.45, 2.75) is 12.6 Å². The van der Waals surface area contributed by atoms with Gasteiger partial charge in [0.05, 0.1) is 6.10 Å². The van der Waals surface area contributed by atoms with Gasteiger partial charge in [0.1, 0.15) is 11.6 Å². The number of hydrogen-bond donors (Lipinski definition) is 1. The van der Waals surface area contributed by atoms with E-state index in [-0.39, 0.29) is 12.1 Å². The van der Waals surface area contributed by atoms with Crippen LogP contribution in [0.3, 0.4) is 0 Å². The molecule has 106 valence electrons. The number of likely N-dealkylation sites (N-methyl/N-ethyl adjacent to an activating group) is 1. The molecular formula is C16H17F2NO. The lowest BCUT2D eigenvalue weighted by Gasteiger charge is -2.21. The Balaban J connectivity index is 1.99. The van der Waals surface area contributed by atoms with Gasteiger partial charge in [0, 0.05) is 18.7 Å². The molecule has 0 aliphatic heterocycles. The fourth-order valence-corrected chi connectivity index (χ4v) is 2.10. The molecule has 0 amide bonds. The van der Waals surface area contributed by atoms with Crippen molar-refractivity contribution in [2.75, 3.05) is 13.6 Å². The monoisotopic (exact) mass is 277 g/mol. The van der Waals surface area contributed by atoms with Crippen LogP contribution < -0.4 is 0 Å². The van der Waals surface area contributed by atoms with Crippen molar-refractivity contribution in [2.24, 2.45) is 0 Å². The Kier molecular flexibility index (Phi) is 4.82. The van der Waals surface area contributed by atoms with Crippen LogP contribution in [0.1, 0.15) is 17.2 Å². The number of halogens is 2. The number of hydrogen-bond acceptors (Lipinski definition) is 2.